The van der Waals surface area contributed by atoms with E-state index in [0.717, 1.165) is 0 Å². The number of benzene rings is 1. The quantitative estimate of drug-likeness (QED) is 0.450. The first kappa shape index (κ1) is 9.89. The van der Waals surface area contributed by atoms with E-state index in [1.165, 1.54) is 6.07 Å². The van der Waals surface area contributed by atoms with Crippen LogP contribution in [0.25, 0.3) is 11.2 Å². The van der Waals surface area contributed by atoms with Crippen molar-refractivity contribution in [3.05, 3.63) is 29.3 Å². The molecule has 3 heterocycles. The Morgan fingerprint density at radius 3 is 3.00 bits per heavy atom. The van der Waals surface area contributed by atoms with Crippen molar-refractivity contribution in [3.8, 4) is 5.75 Å². The van der Waals surface area contributed by atoms with Gasteiger partial charge in [-0.2, -0.15) is 0 Å². The minimum atomic E-state index is -0.520. The van der Waals surface area contributed by atoms with Gasteiger partial charge in [-0.15, -0.1) is 0 Å². The Kier molecular flexibility index (Phi) is 1.80. The van der Waals surface area contributed by atoms with Gasteiger partial charge in [0, 0.05) is 11.6 Å². The molecule has 2 aromatic heterocycles. The Labute approximate surface area is 95.9 Å². The van der Waals surface area contributed by atoms with E-state index in [1.54, 1.807) is 6.92 Å². The second kappa shape index (κ2) is 3.10. The van der Waals surface area contributed by atoms with E-state index >= 15 is 0 Å². The van der Waals surface area contributed by atoms with E-state index in [-0.39, 0.29) is 6.61 Å². The van der Waals surface area contributed by atoms with Gasteiger partial charge >= 0.3 is 11.9 Å². The molecule has 0 atom stereocenters. The zero-order valence-corrected chi connectivity index (χ0v) is 9.03. The molecule has 0 aromatic carbocycles. The number of carbonyl (C=O) groups excluding carboxylic acids is 2. The number of esters is 2. The molecule has 2 aromatic rings. The third-order valence-electron chi connectivity index (χ3n) is 2.62. The third-order valence-corrected chi connectivity index (χ3v) is 2.62. The highest BCUT2D eigenvalue weighted by molar-refractivity contribution is 6.05. The van der Waals surface area contributed by atoms with Crippen molar-refractivity contribution >= 4 is 23.1 Å². The van der Waals surface area contributed by atoms with Gasteiger partial charge in [0.05, 0.1) is 5.56 Å². The van der Waals surface area contributed by atoms with Crippen LogP contribution in [0, 0.1) is 0 Å². The first-order valence-corrected chi connectivity index (χ1v) is 5.00. The molecule has 17 heavy (non-hydrogen) atoms. The Morgan fingerprint density at radius 2 is 2.29 bits per heavy atom. The molecule has 5 nitrogen and oxygen atoms in total. The van der Waals surface area contributed by atoms with Crippen molar-refractivity contribution in [1.29, 1.82) is 0 Å². The van der Waals surface area contributed by atoms with Gasteiger partial charge in [-0.25, -0.2) is 9.59 Å². The molecular formula is C12H8O5. The monoisotopic (exact) mass is 232 g/mol. The number of carbonyl (C=O) groups is 2. The van der Waals surface area contributed by atoms with Crippen molar-refractivity contribution in [1.82, 2.24) is 0 Å². The molecule has 0 unspecified atom stereocenters. The van der Waals surface area contributed by atoms with Gasteiger partial charge in [0.2, 0.25) is 0 Å². The largest absolute Gasteiger partial charge is 0.457 e. The second-order valence-corrected chi connectivity index (χ2v) is 3.90. The maximum absolute atomic E-state index is 11.4. The van der Waals surface area contributed by atoms with Gasteiger partial charge in [0.25, 0.3) is 0 Å². The number of ether oxygens (including phenoxy) is 2. The topological polar surface area (TPSA) is 65.7 Å². The first-order valence-electron chi connectivity index (χ1n) is 5.00. The van der Waals surface area contributed by atoms with Crippen molar-refractivity contribution in [2.75, 3.05) is 0 Å². The summed E-state index contributed by atoms with van der Waals surface area (Å²) in [7, 11) is 0. The van der Waals surface area contributed by atoms with Gasteiger partial charge in [0.1, 0.15) is 17.8 Å². The minimum absolute atomic E-state index is 0.162. The van der Waals surface area contributed by atoms with E-state index in [4.69, 9.17) is 13.9 Å². The summed E-state index contributed by atoms with van der Waals surface area (Å²) in [6, 6.07) is 1.52. The van der Waals surface area contributed by atoms with Gasteiger partial charge < -0.3 is 13.9 Å². The van der Waals surface area contributed by atoms with E-state index < -0.39 is 11.9 Å². The summed E-state index contributed by atoms with van der Waals surface area (Å²) in [6.07, 6.45) is 0. The van der Waals surface area contributed by atoms with Crippen molar-refractivity contribution in [2.45, 2.75) is 13.5 Å². The van der Waals surface area contributed by atoms with Crippen LogP contribution >= 0.6 is 0 Å². The van der Waals surface area contributed by atoms with Gasteiger partial charge in [-0.3, -0.25) is 0 Å². The number of hydrogen-bond acceptors (Lipinski definition) is 5. The first-order chi connectivity index (χ1) is 8.08. The molecule has 0 saturated carbocycles. The maximum Gasteiger partial charge on any atom is 0.342 e. The van der Waals surface area contributed by atoms with Crippen LogP contribution in [-0.4, -0.2) is 11.9 Å². The van der Waals surface area contributed by atoms with Crippen LogP contribution in [-0.2, 0) is 16.1 Å². The fourth-order valence-corrected chi connectivity index (χ4v) is 1.80. The summed E-state index contributed by atoms with van der Waals surface area (Å²) in [5.74, 6) is -0.607. The van der Waals surface area contributed by atoms with E-state index in [0.29, 0.717) is 33.6 Å². The minimum Gasteiger partial charge on any atom is -0.457 e. The van der Waals surface area contributed by atoms with E-state index in [1.807, 2.05) is 0 Å². The molecule has 0 saturated heterocycles. The molecule has 0 radical (unpaired) electrons. The molecule has 1 aliphatic rings. The van der Waals surface area contributed by atoms with Crippen LogP contribution in [0.2, 0.25) is 0 Å². The molecule has 86 valence electrons. The smallest absolute Gasteiger partial charge is 0.342 e. The lowest BCUT2D eigenvalue weighted by Crippen LogP contribution is -2.08. The lowest BCUT2D eigenvalue weighted by atomic mass is 10.1. The Hall–Kier alpha value is -2.30. The number of cyclic esters (lactones) is 1. The standard InChI is InChI=1S/C12H8O5/c1-5(2)11(13)17-8-3-7-9-6(10(8)16-7)4-15-12(9)14/h3H,1,4H2,2H3. The average Bonchev–Trinajstić information content (AvgIpc) is 2.90. The Morgan fingerprint density at radius 1 is 1.53 bits per heavy atom. The van der Waals surface area contributed by atoms with E-state index in [9.17, 15) is 9.59 Å². The lowest BCUT2D eigenvalue weighted by molar-refractivity contribution is -0.130. The van der Waals surface area contributed by atoms with Crippen LogP contribution in [0.3, 0.4) is 0 Å². The summed E-state index contributed by atoms with van der Waals surface area (Å²) in [4.78, 5) is 22.7. The normalized spacial score (nSPS) is 13.8. The van der Waals surface area contributed by atoms with E-state index in [2.05, 4.69) is 6.58 Å². The van der Waals surface area contributed by atoms with Crippen LogP contribution in [0.15, 0.2) is 22.6 Å². The predicted molar refractivity (Wildman–Crippen MR) is 57.0 cm³/mol. The van der Waals surface area contributed by atoms with Crippen LogP contribution in [0.5, 0.6) is 5.75 Å². The zero-order chi connectivity index (χ0) is 12.2. The molecule has 0 N–H and O–H groups in total. The second-order valence-electron chi connectivity index (χ2n) is 3.90. The molecule has 2 bridgehead atoms. The van der Waals surface area contributed by atoms with Crippen molar-refractivity contribution in [3.63, 3.8) is 0 Å². The zero-order valence-electron chi connectivity index (χ0n) is 9.03. The number of fused-ring (bicyclic) bond motifs is 5. The highest BCUT2D eigenvalue weighted by atomic mass is 16.6. The van der Waals surface area contributed by atoms with Crippen LogP contribution in [0.4, 0.5) is 0 Å². The van der Waals surface area contributed by atoms with Gasteiger partial charge in [-0.05, 0) is 6.92 Å². The molecule has 3 rings (SSSR count). The molecule has 1 aliphatic heterocycles. The summed E-state index contributed by atoms with van der Waals surface area (Å²) in [5, 5.41) is 0. The van der Waals surface area contributed by atoms with Crippen molar-refractivity contribution in [2.24, 2.45) is 0 Å². The molecule has 0 amide bonds. The molecule has 0 fully saturated rings. The SMILES string of the molecule is C=C(C)C(=O)Oc1cc2oc1c1c2C(=O)OC1. The molecule has 0 aliphatic carbocycles. The number of furan rings is 2. The molecule has 0 spiro atoms. The Bertz CT molecular complexity index is 649. The van der Waals surface area contributed by atoms with Crippen molar-refractivity contribution < 1.29 is 23.5 Å². The summed E-state index contributed by atoms with van der Waals surface area (Å²) >= 11 is 0. The fourth-order valence-electron chi connectivity index (χ4n) is 1.80. The van der Waals surface area contributed by atoms with Crippen LogP contribution < -0.4 is 4.74 Å². The highest BCUT2D eigenvalue weighted by Gasteiger charge is 2.33. The summed E-state index contributed by atoms with van der Waals surface area (Å²) in [6.45, 7) is 5.21. The Balaban J connectivity index is 2.03. The van der Waals surface area contributed by atoms with Gasteiger partial charge in [0.15, 0.2) is 11.3 Å². The fraction of sp³-hybridized carbons (Fsp3) is 0.167. The number of hydrogen-bond donors (Lipinski definition) is 0. The van der Waals surface area contributed by atoms with Crippen LogP contribution in [0.1, 0.15) is 22.8 Å². The molecule has 5 heteroatoms. The lowest BCUT2D eigenvalue weighted by Gasteiger charge is -2.01. The summed E-state index contributed by atoms with van der Waals surface area (Å²) in [5.41, 5.74) is 2.18. The highest BCUT2D eigenvalue weighted by Crippen LogP contribution is 2.41. The summed E-state index contributed by atoms with van der Waals surface area (Å²) < 4.78 is 15.3. The third kappa shape index (κ3) is 1.25. The van der Waals surface area contributed by atoms with Gasteiger partial charge in [-0.1, -0.05) is 6.58 Å². The number of rotatable bonds is 2. The molecular weight excluding hydrogens is 224 g/mol. The predicted octanol–water partition coefficient (Wildman–Crippen LogP) is 2.02. The maximum atomic E-state index is 11.4. The average molecular weight is 232 g/mol.